The van der Waals surface area contributed by atoms with Crippen LogP contribution in [0.15, 0.2) is 60.7 Å². The summed E-state index contributed by atoms with van der Waals surface area (Å²) in [6, 6.07) is 16.4. The number of ether oxygens (including phenoxy) is 1. The van der Waals surface area contributed by atoms with Gasteiger partial charge in [0.05, 0.1) is 7.11 Å². The zero-order valence-electron chi connectivity index (χ0n) is 13.0. The highest BCUT2D eigenvalue weighted by Gasteiger charge is 1.89. The molecule has 1 heteroatoms. The van der Waals surface area contributed by atoms with Crippen molar-refractivity contribution in [2.24, 2.45) is 0 Å². The first-order valence-electron chi connectivity index (χ1n) is 7.39. The van der Waals surface area contributed by atoms with Crippen LogP contribution in [0.3, 0.4) is 0 Å². The Kier molecular flexibility index (Phi) is 6.08. The van der Waals surface area contributed by atoms with Gasteiger partial charge in [-0.3, -0.25) is 0 Å². The van der Waals surface area contributed by atoms with Crippen LogP contribution < -0.4 is 4.74 Å². The van der Waals surface area contributed by atoms with Crippen molar-refractivity contribution in [1.29, 1.82) is 0 Å². The van der Waals surface area contributed by atoms with Crippen LogP contribution in [0.5, 0.6) is 5.75 Å². The minimum Gasteiger partial charge on any atom is -0.497 e. The van der Waals surface area contributed by atoms with Gasteiger partial charge in [0.1, 0.15) is 5.75 Å². The van der Waals surface area contributed by atoms with E-state index in [-0.39, 0.29) is 0 Å². The van der Waals surface area contributed by atoms with Crippen molar-refractivity contribution < 1.29 is 4.74 Å². The number of hydrogen-bond donors (Lipinski definition) is 0. The molecule has 110 valence electrons. The smallest absolute Gasteiger partial charge is 0.118 e. The molecule has 22 heavy (non-hydrogen) atoms. The standard InChI is InChI=1S/C21H20O/c1-3-18-10-12-19(13-11-18)8-6-4-5-7-9-20-14-16-21(22-2)17-15-20/h6-17H,3H2,1-2H3. The van der Waals surface area contributed by atoms with Crippen LogP contribution in [-0.4, -0.2) is 7.11 Å². The SMILES string of the molecule is CCc1ccc(C=CC#CC=Cc2ccc(OC)cc2)cc1. The highest BCUT2D eigenvalue weighted by Crippen LogP contribution is 2.12. The Morgan fingerprint density at radius 3 is 1.77 bits per heavy atom. The summed E-state index contributed by atoms with van der Waals surface area (Å²) in [5, 5.41) is 0. The van der Waals surface area contributed by atoms with E-state index in [0.29, 0.717) is 0 Å². The lowest BCUT2D eigenvalue weighted by molar-refractivity contribution is 0.415. The Bertz CT molecular complexity index is 631. The molecule has 0 aliphatic heterocycles. The third-order valence-electron chi connectivity index (χ3n) is 3.31. The summed E-state index contributed by atoms with van der Waals surface area (Å²) >= 11 is 0. The third-order valence-corrected chi connectivity index (χ3v) is 3.31. The van der Waals surface area contributed by atoms with Crippen LogP contribution >= 0.6 is 0 Å². The van der Waals surface area contributed by atoms with Crippen LogP contribution in [0, 0.1) is 11.8 Å². The van der Waals surface area contributed by atoms with Gasteiger partial charge in [-0.1, -0.05) is 55.2 Å². The number of aryl methyl sites for hydroxylation is 1. The molecule has 0 spiro atoms. The Morgan fingerprint density at radius 2 is 1.32 bits per heavy atom. The second kappa shape index (κ2) is 8.54. The second-order valence-corrected chi connectivity index (χ2v) is 4.82. The van der Waals surface area contributed by atoms with Crippen LogP contribution in [0.25, 0.3) is 12.2 Å². The van der Waals surface area contributed by atoms with E-state index >= 15 is 0 Å². The summed E-state index contributed by atoms with van der Waals surface area (Å²) in [4.78, 5) is 0. The minimum atomic E-state index is 0.861. The molecule has 0 fully saturated rings. The van der Waals surface area contributed by atoms with Crippen molar-refractivity contribution in [3.8, 4) is 17.6 Å². The topological polar surface area (TPSA) is 9.23 Å². The highest BCUT2D eigenvalue weighted by molar-refractivity contribution is 5.56. The summed E-state index contributed by atoms with van der Waals surface area (Å²) in [6.45, 7) is 2.16. The number of hydrogen-bond acceptors (Lipinski definition) is 1. The van der Waals surface area contributed by atoms with E-state index < -0.39 is 0 Å². The molecule has 0 saturated carbocycles. The van der Waals surface area contributed by atoms with Gasteiger partial charge in [-0.05, 0) is 59.5 Å². The third kappa shape index (κ3) is 5.00. The summed E-state index contributed by atoms with van der Waals surface area (Å²) in [5.74, 6) is 6.88. The first-order chi connectivity index (χ1) is 10.8. The summed E-state index contributed by atoms with van der Waals surface area (Å²) in [5.41, 5.74) is 3.63. The van der Waals surface area contributed by atoms with Crippen LogP contribution in [0.2, 0.25) is 0 Å². The lowest BCUT2D eigenvalue weighted by Gasteiger charge is -1.98. The molecule has 0 N–H and O–H groups in total. The van der Waals surface area contributed by atoms with Crippen LogP contribution in [0.4, 0.5) is 0 Å². The van der Waals surface area contributed by atoms with Gasteiger partial charge < -0.3 is 4.74 Å². The molecule has 0 bridgehead atoms. The quantitative estimate of drug-likeness (QED) is 0.720. The van der Waals surface area contributed by atoms with Gasteiger partial charge in [-0.2, -0.15) is 0 Å². The number of rotatable bonds is 4. The predicted molar refractivity (Wildman–Crippen MR) is 94.7 cm³/mol. The average molecular weight is 288 g/mol. The van der Waals surface area contributed by atoms with Gasteiger partial charge in [0.15, 0.2) is 0 Å². The molecule has 0 aliphatic carbocycles. The van der Waals surface area contributed by atoms with Crippen molar-refractivity contribution in [2.45, 2.75) is 13.3 Å². The molecule has 0 unspecified atom stereocenters. The van der Waals surface area contributed by atoms with Crippen molar-refractivity contribution >= 4 is 12.2 Å². The van der Waals surface area contributed by atoms with Crippen LogP contribution in [0.1, 0.15) is 23.6 Å². The molecule has 0 atom stereocenters. The number of methoxy groups -OCH3 is 1. The Morgan fingerprint density at radius 1 is 0.818 bits per heavy atom. The number of benzene rings is 2. The van der Waals surface area contributed by atoms with Gasteiger partial charge in [0.2, 0.25) is 0 Å². The molecule has 2 rings (SSSR count). The number of allylic oxidation sites excluding steroid dienone is 2. The van der Waals surface area contributed by atoms with Gasteiger partial charge >= 0.3 is 0 Å². The van der Waals surface area contributed by atoms with E-state index in [2.05, 4.69) is 43.0 Å². The maximum absolute atomic E-state index is 5.12. The molecule has 0 amide bonds. The van der Waals surface area contributed by atoms with Gasteiger partial charge in [0, 0.05) is 0 Å². The molecule has 0 heterocycles. The first kappa shape index (κ1) is 15.7. The lowest BCUT2D eigenvalue weighted by atomic mass is 10.1. The molecule has 0 aromatic heterocycles. The maximum atomic E-state index is 5.12. The minimum absolute atomic E-state index is 0.861. The zero-order valence-corrected chi connectivity index (χ0v) is 13.0. The van der Waals surface area contributed by atoms with Crippen molar-refractivity contribution in [2.75, 3.05) is 7.11 Å². The maximum Gasteiger partial charge on any atom is 0.118 e. The fourth-order valence-corrected chi connectivity index (χ4v) is 1.95. The van der Waals surface area contributed by atoms with E-state index in [0.717, 1.165) is 17.7 Å². The summed E-state index contributed by atoms with van der Waals surface area (Å²) in [7, 11) is 1.67. The second-order valence-electron chi connectivity index (χ2n) is 4.82. The largest absolute Gasteiger partial charge is 0.497 e. The van der Waals surface area contributed by atoms with Gasteiger partial charge in [-0.25, -0.2) is 0 Å². The average Bonchev–Trinajstić information content (AvgIpc) is 2.59. The van der Waals surface area contributed by atoms with Crippen molar-refractivity contribution in [1.82, 2.24) is 0 Å². The summed E-state index contributed by atoms with van der Waals surface area (Å²) in [6.07, 6.45) is 8.80. The Labute approximate surface area is 133 Å². The van der Waals surface area contributed by atoms with E-state index in [1.807, 2.05) is 48.6 Å². The first-order valence-corrected chi connectivity index (χ1v) is 7.39. The molecule has 0 saturated heterocycles. The van der Waals surface area contributed by atoms with E-state index in [1.54, 1.807) is 7.11 Å². The fraction of sp³-hybridized carbons (Fsp3) is 0.143. The van der Waals surface area contributed by atoms with E-state index in [1.165, 1.54) is 11.1 Å². The van der Waals surface area contributed by atoms with Crippen molar-refractivity contribution in [3.63, 3.8) is 0 Å². The van der Waals surface area contributed by atoms with Gasteiger partial charge in [0.25, 0.3) is 0 Å². The predicted octanol–water partition coefficient (Wildman–Crippen LogP) is 4.99. The van der Waals surface area contributed by atoms with E-state index in [9.17, 15) is 0 Å². The molecular formula is C21H20O. The molecule has 1 nitrogen and oxygen atoms in total. The van der Waals surface area contributed by atoms with Crippen LogP contribution in [-0.2, 0) is 6.42 Å². The fourth-order valence-electron chi connectivity index (χ4n) is 1.95. The molecule has 0 aliphatic rings. The van der Waals surface area contributed by atoms with Crippen molar-refractivity contribution in [3.05, 3.63) is 77.4 Å². The molecule has 2 aromatic carbocycles. The Hall–Kier alpha value is -2.72. The molecular weight excluding hydrogens is 268 g/mol. The zero-order chi connectivity index (χ0) is 15.6. The normalized spacial score (nSPS) is 10.6. The molecule has 0 radical (unpaired) electrons. The monoisotopic (exact) mass is 288 g/mol. The van der Waals surface area contributed by atoms with Gasteiger partial charge in [-0.15, -0.1) is 0 Å². The highest BCUT2D eigenvalue weighted by atomic mass is 16.5. The Balaban J connectivity index is 1.89. The summed E-state index contributed by atoms with van der Waals surface area (Å²) < 4.78 is 5.12. The molecule has 2 aromatic rings. The van der Waals surface area contributed by atoms with E-state index in [4.69, 9.17) is 4.74 Å². The lowest BCUT2D eigenvalue weighted by Crippen LogP contribution is -1.81.